The molecule has 1 aliphatic heterocycles. The molecule has 0 bridgehead atoms. The molecule has 0 saturated carbocycles. The van der Waals surface area contributed by atoms with Crippen molar-refractivity contribution in [1.82, 2.24) is 20.2 Å². The molecule has 5 heteroatoms. The summed E-state index contributed by atoms with van der Waals surface area (Å²) in [5.41, 5.74) is 2.30. The molecule has 1 N–H and O–H groups in total. The van der Waals surface area contributed by atoms with Crippen molar-refractivity contribution in [2.45, 2.75) is 38.8 Å². The van der Waals surface area contributed by atoms with Gasteiger partial charge < -0.3 is 15.1 Å². The molecule has 2 heterocycles. The predicted octanol–water partition coefficient (Wildman–Crippen LogP) is 1.46. The van der Waals surface area contributed by atoms with E-state index in [1.165, 1.54) is 12.1 Å². The first kappa shape index (κ1) is 15.2. The summed E-state index contributed by atoms with van der Waals surface area (Å²) in [4.78, 5) is 14.0. The smallest absolute Gasteiger partial charge is 0.131 e. The third-order valence-corrected chi connectivity index (χ3v) is 3.96. The van der Waals surface area contributed by atoms with Gasteiger partial charge in [0.15, 0.2) is 0 Å². The van der Waals surface area contributed by atoms with Crippen molar-refractivity contribution in [2.75, 3.05) is 39.1 Å². The zero-order chi connectivity index (χ0) is 14.7. The minimum Gasteiger partial charge on any atom is -0.367 e. The van der Waals surface area contributed by atoms with Gasteiger partial charge in [-0.05, 0) is 27.6 Å². The number of anilines is 1. The molecule has 1 aromatic rings. The molecule has 2 rings (SSSR count). The summed E-state index contributed by atoms with van der Waals surface area (Å²) in [6, 6.07) is 0.627. The lowest BCUT2D eigenvalue weighted by Crippen LogP contribution is -2.32. The summed E-state index contributed by atoms with van der Waals surface area (Å²) in [6.07, 6.45) is 3.21. The van der Waals surface area contributed by atoms with E-state index in [1.54, 1.807) is 0 Å². The van der Waals surface area contributed by atoms with Crippen molar-refractivity contribution in [2.24, 2.45) is 0 Å². The normalized spacial score (nSPS) is 19.4. The number of nitrogens with one attached hydrogen (secondary N) is 1. The van der Waals surface area contributed by atoms with Gasteiger partial charge in [-0.25, -0.2) is 9.97 Å². The number of nitrogens with zero attached hydrogens (tertiary/aromatic N) is 4. The molecule has 0 amide bonds. The average Bonchev–Trinajstić information content (AvgIpc) is 2.88. The van der Waals surface area contributed by atoms with Crippen LogP contribution in [0.3, 0.4) is 0 Å². The number of rotatable bonds is 5. The van der Waals surface area contributed by atoms with Crippen molar-refractivity contribution >= 4 is 5.69 Å². The molecule has 0 radical (unpaired) electrons. The lowest BCUT2D eigenvalue weighted by molar-refractivity contribution is 0.315. The minimum absolute atomic E-state index is 0.368. The Morgan fingerprint density at radius 2 is 2.20 bits per heavy atom. The van der Waals surface area contributed by atoms with E-state index in [4.69, 9.17) is 4.98 Å². The molecular weight excluding hydrogens is 250 g/mol. The summed E-state index contributed by atoms with van der Waals surface area (Å²) in [6.45, 7) is 7.21. The molecule has 20 heavy (non-hydrogen) atoms. The SMILES string of the molecule is CNCc1nc(C(C)C)ncc1N1CCC(N(C)C)C1. The average molecular weight is 277 g/mol. The van der Waals surface area contributed by atoms with E-state index in [9.17, 15) is 0 Å². The molecular formula is C15H27N5. The summed E-state index contributed by atoms with van der Waals surface area (Å²) >= 11 is 0. The Morgan fingerprint density at radius 3 is 2.75 bits per heavy atom. The third kappa shape index (κ3) is 3.27. The van der Waals surface area contributed by atoms with Crippen LogP contribution >= 0.6 is 0 Å². The Morgan fingerprint density at radius 1 is 1.45 bits per heavy atom. The molecule has 1 unspecified atom stereocenters. The van der Waals surface area contributed by atoms with Crippen molar-refractivity contribution in [3.63, 3.8) is 0 Å². The quantitative estimate of drug-likeness (QED) is 0.883. The van der Waals surface area contributed by atoms with E-state index in [2.05, 4.69) is 48.0 Å². The Bertz CT molecular complexity index is 444. The van der Waals surface area contributed by atoms with E-state index >= 15 is 0 Å². The van der Waals surface area contributed by atoms with E-state index in [1.807, 2.05) is 13.2 Å². The van der Waals surface area contributed by atoms with Gasteiger partial charge in [0.1, 0.15) is 5.82 Å². The minimum atomic E-state index is 0.368. The van der Waals surface area contributed by atoms with E-state index in [0.717, 1.165) is 31.2 Å². The van der Waals surface area contributed by atoms with Crippen LogP contribution in [0.4, 0.5) is 5.69 Å². The second-order valence-electron chi connectivity index (χ2n) is 6.10. The van der Waals surface area contributed by atoms with Crippen LogP contribution in [0, 0.1) is 0 Å². The number of aromatic nitrogens is 2. The highest BCUT2D eigenvalue weighted by Crippen LogP contribution is 2.25. The highest BCUT2D eigenvalue weighted by molar-refractivity contribution is 5.50. The zero-order valence-corrected chi connectivity index (χ0v) is 13.3. The molecule has 1 saturated heterocycles. The molecule has 1 aromatic heterocycles. The third-order valence-electron chi connectivity index (χ3n) is 3.96. The zero-order valence-electron chi connectivity index (χ0n) is 13.3. The Balaban J connectivity index is 2.22. The highest BCUT2D eigenvalue weighted by Gasteiger charge is 2.26. The molecule has 112 valence electrons. The molecule has 0 aliphatic carbocycles. The van der Waals surface area contributed by atoms with Gasteiger partial charge in [-0.3, -0.25) is 0 Å². The van der Waals surface area contributed by atoms with Crippen LogP contribution in [0.5, 0.6) is 0 Å². The van der Waals surface area contributed by atoms with Crippen molar-refractivity contribution in [3.05, 3.63) is 17.7 Å². The van der Waals surface area contributed by atoms with Gasteiger partial charge in [0.2, 0.25) is 0 Å². The maximum absolute atomic E-state index is 4.75. The van der Waals surface area contributed by atoms with Crippen LogP contribution in [0.2, 0.25) is 0 Å². The van der Waals surface area contributed by atoms with Crippen LogP contribution in [-0.2, 0) is 6.54 Å². The van der Waals surface area contributed by atoms with Gasteiger partial charge in [0.25, 0.3) is 0 Å². The first-order valence-electron chi connectivity index (χ1n) is 7.44. The standard InChI is InChI=1S/C15H27N5/c1-11(2)15-17-9-14(13(18-15)8-16-3)20-7-6-12(10-20)19(4)5/h9,11-12,16H,6-8,10H2,1-5H3. The highest BCUT2D eigenvalue weighted by atomic mass is 15.2. The fourth-order valence-electron chi connectivity index (χ4n) is 2.65. The number of likely N-dealkylation sites (N-methyl/N-ethyl adjacent to an activating group) is 1. The van der Waals surface area contributed by atoms with E-state index in [-0.39, 0.29) is 0 Å². The first-order chi connectivity index (χ1) is 9.52. The molecule has 0 aromatic carbocycles. The van der Waals surface area contributed by atoms with Crippen LogP contribution < -0.4 is 10.2 Å². The largest absolute Gasteiger partial charge is 0.367 e. The topological polar surface area (TPSA) is 44.3 Å². The van der Waals surface area contributed by atoms with E-state index in [0.29, 0.717) is 12.0 Å². The molecule has 1 aliphatic rings. The lowest BCUT2D eigenvalue weighted by atomic mass is 10.2. The first-order valence-corrected chi connectivity index (χ1v) is 7.44. The van der Waals surface area contributed by atoms with Crippen LogP contribution in [0.15, 0.2) is 6.20 Å². The van der Waals surface area contributed by atoms with Crippen molar-refractivity contribution in [3.8, 4) is 0 Å². The fourth-order valence-corrected chi connectivity index (χ4v) is 2.65. The Hall–Kier alpha value is -1.20. The van der Waals surface area contributed by atoms with Crippen LogP contribution in [0.25, 0.3) is 0 Å². The van der Waals surface area contributed by atoms with Gasteiger partial charge in [0, 0.05) is 31.6 Å². The maximum atomic E-state index is 4.75. The van der Waals surface area contributed by atoms with Gasteiger partial charge in [0.05, 0.1) is 17.6 Å². The van der Waals surface area contributed by atoms with Crippen molar-refractivity contribution < 1.29 is 0 Å². The summed E-state index contributed by atoms with van der Waals surface area (Å²) in [7, 11) is 6.27. The van der Waals surface area contributed by atoms with Crippen LogP contribution in [0.1, 0.15) is 37.7 Å². The molecule has 1 fully saturated rings. The molecule has 0 spiro atoms. The summed E-state index contributed by atoms with van der Waals surface area (Å²) in [5.74, 6) is 1.30. The second-order valence-corrected chi connectivity index (χ2v) is 6.10. The van der Waals surface area contributed by atoms with Gasteiger partial charge in [-0.15, -0.1) is 0 Å². The van der Waals surface area contributed by atoms with Crippen molar-refractivity contribution in [1.29, 1.82) is 0 Å². The molecule has 5 nitrogen and oxygen atoms in total. The van der Waals surface area contributed by atoms with Gasteiger partial charge in [-0.1, -0.05) is 13.8 Å². The number of hydrogen-bond donors (Lipinski definition) is 1. The predicted molar refractivity (Wildman–Crippen MR) is 83.2 cm³/mol. The monoisotopic (exact) mass is 277 g/mol. The Labute approximate surface area is 122 Å². The molecule has 1 atom stereocenters. The summed E-state index contributed by atoms with van der Waals surface area (Å²) < 4.78 is 0. The lowest BCUT2D eigenvalue weighted by Gasteiger charge is -2.23. The van der Waals surface area contributed by atoms with Gasteiger partial charge in [-0.2, -0.15) is 0 Å². The maximum Gasteiger partial charge on any atom is 0.131 e. The van der Waals surface area contributed by atoms with E-state index < -0.39 is 0 Å². The Kier molecular flexibility index (Phi) is 4.94. The number of hydrogen-bond acceptors (Lipinski definition) is 5. The van der Waals surface area contributed by atoms with Gasteiger partial charge >= 0.3 is 0 Å². The summed E-state index contributed by atoms with van der Waals surface area (Å²) in [5, 5.41) is 3.22. The fraction of sp³-hybridized carbons (Fsp3) is 0.733. The van der Waals surface area contributed by atoms with Crippen LogP contribution in [-0.4, -0.2) is 55.1 Å². The second kappa shape index (κ2) is 6.50.